The van der Waals surface area contributed by atoms with E-state index in [0.29, 0.717) is 23.3 Å². The van der Waals surface area contributed by atoms with E-state index in [4.69, 9.17) is 4.74 Å². The first-order valence-corrected chi connectivity index (χ1v) is 5.98. The Morgan fingerprint density at radius 1 is 1.25 bits per heavy atom. The number of fused-ring (bicyclic) bond motifs is 5. The molecule has 86 valence electrons. The summed E-state index contributed by atoms with van der Waals surface area (Å²) in [6.45, 7) is 1.94. The fourth-order valence-electron chi connectivity index (χ4n) is 4.18. The zero-order valence-electron chi connectivity index (χ0n) is 9.66. The molecule has 3 heteroatoms. The normalized spacial score (nSPS) is 40.5. The quantitative estimate of drug-likeness (QED) is 0.499. The van der Waals surface area contributed by atoms with Gasteiger partial charge in [-0.15, -0.1) is 0 Å². The van der Waals surface area contributed by atoms with Crippen LogP contribution < -0.4 is 0 Å². The summed E-state index contributed by atoms with van der Waals surface area (Å²) < 4.78 is 4.71. The average Bonchev–Trinajstić information content (AvgIpc) is 2.92. The molecule has 2 saturated carbocycles. The molecule has 2 bridgehead atoms. The number of esters is 1. The number of ether oxygens (including phenoxy) is 1. The molecule has 0 aromatic heterocycles. The van der Waals surface area contributed by atoms with Crippen LogP contribution in [0.25, 0.3) is 0 Å². The van der Waals surface area contributed by atoms with Crippen LogP contribution >= 0.6 is 0 Å². The summed E-state index contributed by atoms with van der Waals surface area (Å²) in [6.07, 6.45) is 3.58. The molecule has 0 spiro atoms. The van der Waals surface area contributed by atoms with Crippen molar-refractivity contribution in [3.8, 4) is 0 Å². The Morgan fingerprint density at radius 3 is 2.44 bits per heavy atom. The van der Waals surface area contributed by atoms with E-state index >= 15 is 0 Å². The highest BCUT2D eigenvalue weighted by molar-refractivity contribution is 6.21. The van der Waals surface area contributed by atoms with Crippen molar-refractivity contribution in [1.82, 2.24) is 0 Å². The number of carbonyl (C=O) groups is 2. The SMILES string of the molecule is COC(=O)C1=C(C)[C@H]2[C@@H]3CC[C@@H](C3)[C@H]2C1=O. The standard InChI is InChI=1S/C13H16O3/c1-6-9-7-3-4-8(5-7)11(9)12(14)10(6)13(15)16-2/h7-9,11H,3-5H2,1-2H3/t7-,8+,9+,11-/m1/s1. The molecule has 0 amide bonds. The molecule has 2 fully saturated rings. The monoisotopic (exact) mass is 220 g/mol. The van der Waals surface area contributed by atoms with Crippen molar-refractivity contribution in [2.75, 3.05) is 7.11 Å². The van der Waals surface area contributed by atoms with Crippen molar-refractivity contribution < 1.29 is 14.3 Å². The second kappa shape index (κ2) is 3.19. The summed E-state index contributed by atoms with van der Waals surface area (Å²) in [5.74, 6) is 1.24. The molecule has 0 unspecified atom stereocenters. The predicted octanol–water partition coefficient (Wildman–Crippen LogP) is 1.72. The van der Waals surface area contributed by atoms with Gasteiger partial charge in [0.25, 0.3) is 0 Å². The van der Waals surface area contributed by atoms with Gasteiger partial charge in [-0.05, 0) is 43.9 Å². The molecule has 3 aliphatic rings. The molecule has 3 aliphatic carbocycles. The third kappa shape index (κ3) is 1.04. The van der Waals surface area contributed by atoms with Crippen molar-refractivity contribution >= 4 is 11.8 Å². The van der Waals surface area contributed by atoms with Crippen molar-refractivity contribution in [3.05, 3.63) is 11.1 Å². The lowest BCUT2D eigenvalue weighted by molar-refractivity contribution is -0.138. The van der Waals surface area contributed by atoms with Gasteiger partial charge in [-0.3, -0.25) is 4.79 Å². The minimum Gasteiger partial charge on any atom is -0.465 e. The van der Waals surface area contributed by atoms with Gasteiger partial charge in [0.1, 0.15) is 5.57 Å². The van der Waals surface area contributed by atoms with E-state index in [-0.39, 0.29) is 11.7 Å². The Hall–Kier alpha value is -1.12. The minimum absolute atomic E-state index is 0.0570. The van der Waals surface area contributed by atoms with Gasteiger partial charge in [0.15, 0.2) is 5.78 Å². The van der Waals surface area contributed by atoms with E-state index in [1.54, 1.807) is 0 Å². The average molecular weight is 220 g/mol. The van der Waals surface area contributed by atoms with Gasteiger partial charge < -0.3 is 4.74 Å². The number of allylic oxidation sites excluding steroid dienone is 1. The van der Waals surface area contributed by atoms with E-state index < -0.39 is 5.97 Å². The van der Waals surface area contributed by atoms with Gasteiger partial charge in [-0.1, -0.05) is 5.57 Å². The third-order valence-electron chi connectivity index (χ3n) is 4.75. The summed E-state index contributed by atoms with van der Waals surface area (Å²) in [4.78, 5) is 23.8. The van der Waals surface area contributed by atoms with Crippen LogP contribution in [0.1, 0.15) is 26.2 Å². The predicted molar refractivity (Wildman–Crippen MR) is 57.5 cm³/mol. The van der Waals surface area contributed by atoms with E-state index in [0.717, 1.165) is 5.57 Å². The molecule has 0 aromatic rings. The maximum atomic E-state index is 12.2. The van der Waals surface area contributed by atoms with Crippen LogP contribution in [0.2, 0.25) is 0 Å². The summed E-state index contributed by atoms with van der Waals surface area (Å²) in [5.41, 5.74) is 1.35. The zero-order valence-corrected chi connectivity index (χ0v) is 9.66. The van der Waals surface area contributed by atoms with Gasteiger partial charge in [0.05, 0.1) is 7.11 Å². The van der Waals surface area contributed by atoms with Crippen LogP contribution in [0.5, 0.6) is 0 Å². The third-order valence-corrected chi connectivity index (χ3v) is 4.75. The van der Waals surface area contributed by atoms with Gasteiger partial charge >= 0.3 is 5.97 Å². The molecule has 0 aromatic carbocycles. The lowest BCUT2D eigenvalue weighted by Crippen LogP contribution is -2.25. The second-order valence-electron chi connectivity index (χ2n) is 5.30. The number of Topliss-reactive ketones (excluding diaryl/α,β-unsaturated/α-hetero) is 1. The second-order valence-corrected chi connectivity index (χ2v) is 5.30. The number of rotatable bonds is 1. The molecule has 0 N–H and O–H groups in total. The first-order valence-electron chi connectivity index (χ1n) is 5.98. The van der Waals surface area contributed by atoms with Gasteiger partial charge in [0.2, 0.25) is 0 Å². The highest BCUT2D eigenvalue weighted by Crippen LogP contribution is 2.59. The van der Waals surface area contributed by atoms with E-state index in [1.807, 2.05) is 6.92 Å². The Morgan fingerprint density at radius 2 is 1.88 bits per heavy atom. The highest BCUT2D eigenvalue weighted by atomic mass is 16.5. The van der Waals surface area contributed by atoms with Crippen LogP contribution in [0.4, 0.5) is 0 Å². The molecule has 0 aliphatic heterocycles. The Balaban J connectivity index is 2.02. The molecule has 3 nitrogen and oxygen atoms in total. The highest BCUT2D eigenvalue weighted by Gasteiger charge is 2.56. The summed E-state index contributed by atoms with van der Waals surface area (Å²) in [6, 6.07) is 0. The fraction of sp³-hybridized carbons (Fsp3) is 0.692. The maximum absolute atomic E-state index is 12.2. The van der Waals surface area contributed by atoms with Crippen molar-refractivity contribution in [2.45, 2.75) is 26.2 Å². The van der Waals surface area contributed by atoms with E-state index in [9.17, 15) is 9.59 Å². The first-order chi connectivity index (χ1) is 7.65. The number of hydrogen-bond acceptors (Lipinski definition) is 3. The number of carbonyl (C=O) groups excluding carboxylic acids is 2. The molecule has 0 radical (unpaired) electrons. The zero-order chi connectivity index (χ0) is 11.4. The minimum atomic E-state index is -0.434. The van der Waals surface area contributed by atoms with E-state index in [2.05, 4.69) is 0 Å². The Bertz CT molecular complexity index is 407. The Labute approximate surface area is 94.8 Å². The first kappa shape index (κ1) is 10.1. The fourth-order valence-corrected chi connectivity index (χ4v) is 4.18. The lowest BCUT2D eigenvalue weighted by Gasteiger charge is -2.24. The topological polar surface area (TPSA) is 43.4 Å². The van der Waals surface area contributed by atoms with Crippen molar-refractivity contribution in [2.24, 2.45) is 23.7 Å². The smallest absolute Gasteiger partial charge is 0.341 e. The van der Waals surface area contributed by atoms with E-state index in [1.165, 1.54) is 26.4 Å². The molecule has 16 heavy (non-hydrogen) atoms. The Kier molecular flexibility index (Phi) is 2.00. The molecule has 0 saturated heterocycles. The molecular formula is C13H16O3. The number of ketones is 1. The van der Waals surface area contributed by atoms with Gasteiger partial charge in [0, 0.05) is 5.92 Å². The number of methoxy groups -OCH3 is 1. The van der Waals surface area contributed by atoms with Gasteiger partial charge in [-0.25, -0.2) is 4.79 Å². The molecule has 4 atom stereocenters. The van der Waals surface area contributed by atoms with Crippen LogP contribution in [0.15, 0.2) is 11.1 Å². The summed E-state index contributed by atoms with van der Waals surface area (Å²) >= 11 is 0. The summed E-state index contributed by atoms with van der Waals surface area (Å²) in [7, 11) is 1.35. The largest absolute Gasteiger partial charge is 0.465 e. The van der Waals surface area contributed by atoms with Crippen molar-refractivity contribution in [1.29, 1.82) is 0 Å². The van der Waals surface area contributed by atoms with Crippen molar-refractivity contribution in [3.63, 3.8) is 0 Å². The number of hydrogen-bond donors (Lipinski definition) is 0. The summed E-state index contributed by atoms with van der Waals surface area (Å²) in [5, 5.41) is 0. The molecule has 3 rings (SSSR count). The molecular weight excluding hydrogens is 204 g/mol. The van der Waals surface area contributed by atoms with Gasteiger partial charge in [-0.2, -0.15) is 0 Å². The molecule has 0 heterocycles. The maximum Gasteiger partial charge on any atom is 0.341 e. The van der Waals surface area contributed by atoms with Crippen LogP contribution in [0, 0.1) is 23.7 Å². The lowest BCUT2D eigenvalue weighted by atomic mass is 9.79. The van der Waals surface area contributed by atoms with Crippen LogP contribution in [-0.4, -0.2) is 18.9 Å². The van der Waals surface area contributed by atoms with Crippen LogP contribution in [-0.2, 0) is 14.3 Å². The van der Waals surface area contributed by atoms with Crippen LogP contribution in [0.3, 0.4) is 0 Å².